The van der Waals surface area contributed by atoms with Crippen molar-refractivity contribution in [2.24, 2.45) is 5.92 Å². The van der Waals surface area contributed by atoms with Crippen molar-refractivity contribution in [3.05, 3.63) is 29.0 Å². The highest BCUT2D eigenvalue weighted by Crippen LogP contribution is 2.32. The molecule has 2 nitrogen and oxygen atoms in total. The van der Waals surface area contributed by atoms with Gasteiger partial charge in [-0.2, -0.15) is 0 Å². The Morgan fingerprint density at radius 1 is 1.16 bits per heavy atom. The zero-order chi connectivity index (χ0) is 14.3. The minimum Gasteiger partial charge on any atom is -0.378 e. The van der Waals surface area contributed by atoms with Crippen LogP contribution in [-0.4, -0.2) is 17.7 Å². The van der Waals surface area contributed by atoms with E-state index in [9.17, 15) is 0 Å². The third kappa shape index (κ3) is 4.47. The Kier molecular flexibility index (Phi) is 7.40. The van der Waals surface area contributed by atoms with E-state index in [-0.39, 0.29) is 6.10 Å². The van der Waals surface area contributed by atoms with Crippen LogP contribution < -0.4 is 0 Å². The van der Waals surface area contributed by atoms with Crippen molar-refractivity contribution in [3.8, 4) is 0 Å². The molecule has 108 valence electrons. The van der Waals surface area contributed by atoms with Gasteiger partial charge in [-0.05, 0) is 31.4 Å². The van der Waals surface area contributed by atoms with Crippen molar-refractivity contribution in [3.63, 3.8) is 0 Å². The first-order valence-electron chi connectivity index (χ1n) is 7.40. The van der Waals surface area contributed by atoms with Gasteiger partial charge >= 0.3 is 0 Å². The fourth-order valence-electron chi connectivity index (χ4n) is 2.76. The van der Waals surface area contributed by atoms with Crippen molar-refractivity contribution in [2.45, 2.75) is 59.0 Å². The molecule has 0 amide bonds. The number of hydrogen-bond donors (Lipinski definition) is 0. The van der Waals surface area contributed by atoms with Crippen molar-refractivity contribution in [1.82, 2.24) is 4.98 Å². The Morgan fingerprint density at radius 2 is 1.84 bits per heavy atom. The Balaban J connectivity index is 3.01. The molecule has 0 aromatic carbocycles. The number of rotatable bonds is 8. The molecule has 0 N–H and O–H groups in total. The van der Waals surface area contributed by atoms with Crippen LogP contribution in [0.15, 0.2) is 18.3 Å². The molecule has 0 aliphatic carbocycles. The molecule has 0 fully saturated rings. The first-order valence-corrected chi connectivity index (χ1v) is 7.78. The Hall–Kier alpha value is -0.600. The lowest BCUT2D eigenvalue weighted by Gasteiger charge is -2.32. The van der Waals surface area contributed by atoms with E-state index in [1.54, 1.807) is 6.20 Å². The van der Waals surface area contributed by atoms with Gasteiger partial charge in [0.1, 0.15) is 0 Å². The number of aromatic nitrogens is 1. The van der Waals surface area contributed by atoms with Gasteiger partial charge in [-0.15, -0.1) is 0 Å². The molecule has 0 aliphatic heterocycles. The van der Waals surface area contributed by atoms with Crippen molar-refractivity contribution < 1.29 is 4.74 Å². The maximum Gasteiger partial charge on any atom is 0.0686 e. The molecule has 0 saturated heterocycles. The quantitative estimate of drug-likeness (QED) is 0.664. The van der Waals surface area contributed by atoms with Crippen LogP contribution in [0.5, 0.6) is 0 Å². The average Bonchev–Trinajstić information content (AvgIpc) is 2.41. The summed E-state index contributed by atoms with van der Waals surface area (Å²) in [4.78, 5) is 4.50. The van der Waals surface area contributed by atoms with E-state index >= 15 is 0 Å². The van der Waals surface area contributed by atoms with Crippen LogP contribution in [0.2, 0.25) is 5.02 Å². The molecule has 0 aliphatic rings. The summed E-state index contributed by atoms with van der Waals surface area (Å²) in [6, 6.07) is 3.80. The number of halogens is 1. The van der Waals surface area contributed by atoms with Crippen molar-refractivity contribution in [1.29, 1.82) is 0 Å². The van der Waals surface area contributed by atoms with Crippen LogP contribution in [0, 0.1) is 5.92 Å². The summed E-state index contributed by atoms with van der Waals surface area (Å²) in [5.41, 5.74) is 1.06. The predicted molar refractivity (Wildman–Crippen MR) is 81.8 cm³/mol. The fourth-order valence-corrected chi connectivity index (χ4v) is 2.93. The van der Waals surface area contributed by atoms with Gasteiger partial charge in [-0.1, -0.05) is 45.2 Å². The highest BCUT2D eigenvalue weighted by atomic mass is 35.5. The summed E-state index contributed by atoms with van der Waals surface area (Å²) in [5.74, 6) is 0.897. The minimum atomic E-state index is 0.232. The van der Waals surface area contributed by atoms with Crippen molar-refractivity contribution >= 4 is 11.6 Å². The first-order chi connectivity index (χ1) is 9.17. The maximum absolute atomic E-state index is 6.09. The second-order valence-electron chi connectivity index (χ2n) is 4.91. The van der Waals surface area contributed by atoms with Gasteiger partial charge in [0, 0.05) is 29.4 Å². The maximum atomic E-state index is 6.09. The van der Waals surface area contributed by atoms with Gasteiger partial charge < -0.3 is 4.74 Å². The number of hydrogen-bond acceptors (Lipinski definition) is 2. The van der Waals surface area contributed by atoms with Gasteiger partial charge in [0.15, 0.2) is 0 Å². The molecule has 1 rings (SSSR count). The van der Waals surface area contributed by atoms with E-state index in [1.165, 1.54) is 0 Å². The summed E-state index contributed by atoms with van der Waals surface area (Å²) in [5, 5.41) is 0.753. The summed E-state index contributed by atoms with van der Waals surface area (Å²) < 4.78 is 6.05. The average molecular weight is 284 g/mol. The zero-order valence-corrected chi connectivity index (χ0v) is 13.3. The highest BCUT2D eigenvalue weighted by molar-refractivity contribution is 6.30. The van der Waals surface area contributed by atoms with Crippen LogP contribution in [0.4, 0.5) is 0 Å². The SMILES string of the molecule is CCOC(C(CC)CC)C(CC)c1cc(Cl)ccn1. The van der Waals surface area contributed by atoms with E-state index in [2.05, 4.69) is 32.7 Å². The van der Waals surface area contributed by atoms with E-state index in [0.717, 1.165) is 36.6 Å². The lowest BCUT2D eigenvalue weighted by Crippen LogP contribution is -2.30. The molecule has 1 heterocycles. The van der Waals surface area contributed by atoms with E-state index < -0.39 is 0 Å². The van der Waals surface area contributed by atoms with E-state index in [0.29, 0.717) is 11.8 Å². The Morgan fingerprint density at radius 3 is 2.32 bits per heavy atom. The largest absolute Gasteiger partial charge is 0.378 e. The van der Waals surface area contributed by atoms with Crippen LogP contribution in [-0.2, 0) is 4.74 Å². The second kappa shape index (κ2) is 8.55. The molecule has 0 spiro atoms. The standard InChI is InChI=1S/C16H26ClNO/c1-5-12(6-2)16(19-8-4)14(7-3)15-11-13(17)9-10-18-15/h9-12,14,16H,5-8H2,1-4H3. The van der Waals surface area contributed by atoms with Crippen molar-refractivity contribution in [2.75, 3.05) is 6.61 Å². The second-order valence-corrected chi connectivity index (χ2v) is 5.35. The first kappa shape index (κ1) is 16.5. The zero-order valence-electron chi connectivity index (χ0n) is 12.5. The van der Waals surface area contributed by atoms with Gasteiger partial charge in [-0.25, -0.2) is 0 Å². The molecule has 3 heteroatoms. The van der Waals surface area contributed by atoms with Crippen LogP contribution >= 0.6 is 11.6 Å². The summed E-state index contributed by atoms with van der Waals surface area (Å²) in [6.45, 7) is 9.48. The summed E-state index contributed by atoms with van der Waals surface area (Å²) in [6.07, 6.45) is 5.32. The molecule has 0 bridgehead atoms. The lowest BCUT2D eigenvalue weighted by atomic mass is 9.83. The number of pyridine rings is 1. The molecule has 1 aromatic heterocycles. The number of nitrogens with zero attached hydrogens (tertiary/aromatic N) is 1. The third-order valence-electron chi connectivity index (χ3n) is 3.83. The van der Waals surface area contributed by atoms with Crippen LogP contribution in [0.25, 0.3) is 0 Å². The predicted octanol–water partition coefficient (Wildman–Crippen LogP) is 5.07. The summed E-state index contributed by atoms with van der Waals surface area (Å²) in [7, 11) is 0. The molecule has 0 saturated carbocycles. The minimum absolute atomic E-state index is 0.232. The molecule has 19 heavy (non-hydrogen) atoms. The third-order valence-corrected chi connectivity index (χ3v) is 4.07. The molecule has 2 atom stereocenters. The Bertz CT molecular complexity index is 366. The van der Waals surface area contributed by atoms with Gasteiger partial charge in [0.05, 0.1) is 6.10 Å². The van der Waals surface area contributed by atoms with Crippen LogP contribution in [0.3, 0.4) is 0 Å². The summed E-state index contributed by atoms with van der Waals surface area (Å²) >= 11 is 6.09. The van der Waals surface area contributed by atoms with E-state index in [1.807, 2.05) is 12.1 Å². The van der Waals surface area contributed by atoms with Gasteiger partial charge in [-0.3, -0.25) is 4.98 Å². The normalized spacial score (nSPS) is 14.6. The smallest absolute Gasteiger partial charge is 0.0686 e. The monoisotopic (exact) mass is 283 g/mol. The molecule has 1 aromatic rings. The number of ether oxygens (including phenoxy) is 1. The van der Waals surface area contributed by atoms with Gasteiger partial charge in [0.25, 0.3) is 0 Å². The van der Waals surface area contributed by atoms with Gasteiger partial charge in [0.2, 0.25) is 0 Å². The lowest BCUT2D eigenvalue weighted by molar-refractivity contribution is -0.00388. The topological polar surface area (TPSA) is 22.1 Å². The highest BCUT2D eigenvalue weighted by Gasteiger charge is 2.29. The fraction of sp³-hybridized carbons (Fsp3) is 0.688. The molecule has 0 radical (unpaired) electrons. The Labute approximate surface area is 122 Å². The molecular formula is C16H26ClNO. The molecule has 2 unspecified atom stereocenters. The molecular weight excluding hydrogens is 258 g/mol. The van der Waals surface area contributed by atoms with Crippen LogP contribution in [0.1, 0.15) is 58.6 Å². The van der Waals surface area contributed by atoms with E-state index in [4.69, 9.17) is 16.3 Å².